The highest BCUT2D eigenvalue weighted by molar-refractivity contribution is 8.04. The molecule has 0 saturated carbocycles. The number of hydrogen-bond donors (Lipinski definition) is 1. The quantitative estimate of drug-likeness (QED) is 0.190. The Morgan fingerprint density at radius 1 is 0.740 bits per heavy atom. The number of benzene rings is 5. The summed E-state index contributed by atoms with van der Waals surface area (Å²) in [5.41, 5.74) is 9.92. The highest BCUT2D eigenvalue weighted by Crippen LogP contribution is 2.52. The number of nitrogens with zero attached hydrogens (tertiary/aromatic N) is 4. The first-order chi connectivity index (χ1) is 24.8. The SMILES string of the molecule is C1=CCC(C2NC(n3c4c5ccccc5ccc4c4cc5c6c(cccc6c43)-c3nc4ccccc4nc3-5)=NC3C4=C(CCC=C4)SC32)C=C1. The molecule has 5 aliphatic rings. The van der Waals surface area contributed by atoms with Crippen molar-refractivity contribution in [3.05, 3.63) is 132 Å². The van der Waals surface area contributed by atoms with Crippen molar-refractivity contribution in [2.75, 3.05) is 0 Å². The van der Waals surface area contributed by atoms with E-state index in [0.717, 1.165) is 58.8 Å². The third-order valence-electron chi connectivity index (χ3n) is 11.5. The van der Waals surface area contributed by atoms with Crippen molar-refractivity contribution in [2.24, 2.45) is 10.9 Å². The van der Waals surface area contributed by atoms with Crippen LogP contribution in [0.4, 0.5) is 0 Å². The van der Waals surface area contributed by atoms with Crippen LogP contribution in [-0.4, -0.2) is 37.8 Å². The Balaban J connectivity index is 1.19. The van der Waals surface area contributed by atoms with Crippen molar-refractivity contribution in [1.29, 1.82) is 0 Å². The molecule has 0 spiro atoms. The van der Waals surface area contributed by atoms with Crippen LogP contribution in [0.25, 0.3) is 76.9 Å². The molecule has 5 nitrogen and oxygen atoms in total. The monoisotopic (exact) mass is 661 g/mol. The molecule has 0 bridgehead atoms. The van der Waals surface area contributed by atoms with Gasteiger partial charge in [-0.25, -0.2) is 15.0 Å². The van der Waals surface area contributed by atoms with Crippen LogP contribution in [0.1, 0.15) is 19.3 Å². The molecule has 1 N–H and O–H groups in total. The molecule has 50 heavy (non-hydrogen) atoms. The fourth-order valence-corrected chi connectivity index (χ4v) is 11.0. The Bertz CT molecular complexity index is 2830. The molecule has 3 aliphatic carbocycles. The molecule has 5 aromatic carbocycles. The van der Waals surface area contributed by atoms with Gasteiger partial charge in [0.2, 0.25) is 5.96 Å². The van der Waals surface area contributed by atoms with Crippen LogP contribution in [-0.2, 0) is 0 Å². The number of nitrogens with one attached hydrogen (secondary N) is 1. The van der Waals surface area contributed by atoms with E-state index in [-0.39, 0.29) is 12.1 Å². The zero-order valence-corrected chi connectivity index (χ0v) is 28.0. The van der Waals surface area contributed by atoms with Gasteiger partial charge in [-0.3, -0.25) is 4.57 Å². The summed E-state index contributed by atoms with van der Waals surface area (Å²) in [7, 11) is 0. The molecule has 238 valence electrons. The van der Waals surface area contributed by atoms with E-state index in [1.165, 1.54) is 53.8 Å². The summed E-state index contributed by atoms with van der Waals surface area (Å²) in [4.78, 5) is 17.7. The first kappa shape index (κ1) is 27.4. The molecule has 2 aromatic heterocycles. The van der Waals surface area contributed by atoms with E-state index in [9.17, 15) is 0 Å². The zero-order valence-electron chi connectivity index (χ0n) is 27.2. The minimum Gasteiger partial charge on any atom is -0.351 e. The molecule has 12 rings (SSSR count). The van der Waals surface area contributed by atoms with Gasteiger partial charge in [0.1, 0.15) is 0 Å². The van der Waals surface area contributed by atoms with Crippen molar-refractivity contribution < 1.29 is 0 Å². The fourth-order valence-electron chi connectivity index (χ4n) is 9.32. The summed E-state index contributed by atoms with van der Waals surface area (Å²) in [5, 5.41) is 11.8. The minimum atomic E-state index is 0.108. The summed E-state index contributed by atoms with van der Waals surface area (Å²) >= 11 is 2.08. The minimum absolute atomic E-state index is 0.108. The van der Waals surface area contributed by atoms with Crippen LogP contribution >= 0.6 is 11.8 Å². The van der Waals surface area contributed by atoms with Gasteiger partial charge in [-0.15, -0.1) is 11.8 Å². The molecule has 4 heterocycles. The molecule has 6 heteroatoms. The first-order valence-electron chi connectivity index (χ1n) is 17.7. The second kappa shape index (κ2) is 10.1. The highest BCUT2D eigenvalue weighted by atomic mass is 32.2. The lowest BCUT2D eigenvalue weighted by molar-refractivity contribution is 0.411. The van der Waals surface area contributed by atoms with Crippen molar-refractivity contribution in [1.82, 2.24) is 19.9 Å². The highest BCUT2D eigenvalue weighted by Gasteiger charge is 2.46. The number of allylic oxidation sites excluding steroid dienone is 5. The molecule has 2 aliphatic heterocycles. The van der Waals surface area contributed by atoms with Gasteiger partial charge in [-0.1, -0.05) is 103 Å². The van der Waals surface area contributed by atoms with Crippen molar-refractivity contribution in [3.63, 3.8) is 0 Å². The molecule has 0 fully saturated rings. The van der Waals surface area contributed by atoms with Crippen molar-refractivity contribution >= 4 is 72.1 Å². The smallest absolute Gasteiger partial charge is 0.204 e. The molecule has 0 amide bonds. The molecule has 0 radical (unpaired) electrons. The van der Waals surface area contributed by atoms with Gasteiger partial charge in [0, 0.05) is 44.0 Å². The lowest BCUT2D eigenvalue weighted by Crippen LogP contribution is -2.55. The molecular weight excluding hydrogens is 631 g/mol. The van der Waals surface area contributed by atoms with E-state index >= 15 is 0 Å². The van der Waals surface area contributed by atoms with Crippen LogP contribution in [0.5, 0.6) is 0 Å². The van der Waals surface area contributed by atoms with Crippen LogP contribution in [0, 0.1) is 5.92 Å². The van der Waals surface area contributed by atoms with Gasteiger partial charge < -0.3 is 5.32 Å². The van der Waals surface area contributed by atoms with E-state index in [4.69, 9.17) is 15.0 Å². The van der Waals surface area contributed by atoms with Crippen molar-refractivity contribution in [3.8, 4) is 22.5 Å². The molecule has 0 saturated heterocycles. The number of para-hydroxylation sites is 2. The average Bonchev–Trinajstić information content (AvgIpc) is 3.83. The number of hydrogen-bond acceptors (Lipinski definition) is 5. The Hall–Kier alpha value is -5.46. The Morgan fingerprint density at radius 3 is 2.44 bits per heavy atom. The lowest BCUT2D eigenvalue weighted by Gasteiger charge is -2.38. The summed E-state index contributed by atoms with van der Waals surface area (Å²) in [6.07, 6.45) is 17.1. The van der Waals surface area contributed by atoms with E-state index < -0.39 is 0 Å². The van der Waals surface area contributed by atoms with Gasteiger partial charge >= 0.3 is 0 Å². The molecular formula is C44H31N5S. The fraction of sp³-hybridized carbons (Fsp3) is 0.159. The second-order valence-corrected chi connectivity index (χ2v) is 15.4. The third kappa shape index (κ3) is 3.61. The number of aliphatic imine (C=N–C) groups is 1. The maximum Gasteiger partial charge on any atom is 0.204 e. The standard InChI is InChI=1S/C44H31N5S/c1-2-12-25(13-3-1)37-43-40(28-15-6-9-20-35(28)50-43)48-44(47-37)49-41-26-14-5-4-11-24(26)21-22-27(41)31-23-32-36-29(16-10-17-30(36)42(31)49)38-39(32)46-34-19-8-7-18-33(34)45-38/h1-8,10-12,14-19,21-23,25,37,40,43H,9,13,20H2,(H,47,48). The summed E-state index contributed by atoms with van der Waals surface area (Å²) < 4.78 is 2.48. The summed E-state index contributed by atoms with van der Waals surface area (Å²) in [6.45, 7) is 0. The summed E-state index contributed by atoms with van der Waals surface area (Å²) in [6, 6.07) is 31.0. The van der Waals surface area contributed by atoms with Gasteiger partial charge in [-0.05, 0) is 53.3 Å². The van der Waals surface area contributed by atoms with Gasteiger partial charge in [-0.2, -0.15) is 0 Å². The number of rotatable bonds is 1. The normalized spacial score (nSPS) is 23.2. The van der Waals surface area contributed by atoms with E-state index in [0.29, 0.717) is 11.2 Å². The molecule has 4 unspecified atom stereocenters. The van der Waals surface area contributed by atoms with Crippen LogP contribution in [0.3, 0.4) is 0 Å². The van der Waals surface area contributed by atoms with Crippen LogP contribution < -0.4 is 5.32 Å². The van der Waals surface area contributed by atoms with Crippen LogP contribution in [0.15, 0.2) is 137 Å². The van der Waals surface area contributed by atoms with Gasteiger partial charge in [0.05, 0.1) is 50.8 Å². The molecule has 4 atom stereocenters. The Morgan fingerprint density at radius 2 is 1.56 bits per heavy atom. The molecule has 7 aromatic rings. The first-order valence-corrected chi connectivity index (χ1v) is 18.6. The van der Waals surface area contributed by atoms with E-state index in [2.05, 4.69) is 131 Å². The Kier molecular flexibility index (Phi) is 5.50. The average molecular weight is 662 g/mol. The number of thioether (sulfide) groups is 1. The maximum atomic E-state index is 5.74. The maximum absolute atomic E-state index is 5.74. The largest absolute Gasteiger partial charge is 0.351 e. The summed E-state index contributed by atoms with van der Waals surface area (Å²) in [5.74, 6) is 1.33. The number of fused-ring (bicyclic) bond motifs is 12. The zero-order chi connectivity index (χ0) is 32.5. The van der Waals surface area contributed by atoms with Gasteiger partial charge in [0.25, 0.3) is 0 Å². The Labute approximate surface area is 292 Å². The second-order valence-electron chi connectivity index (χ2n) is 14.2. The lowest BCUT2D eigenvalue weighted by atomic mass is 9.85. The van der Waals surface area contributed by atoms with Gasteiger partial charge in [0.15, 0.2) is 0 Å². The van der Waals surface area contributed by atoms with E-state index in [1.54, 1.807) is 0 Å². The number of aromatic nitrogens is 3. The van der Waals surface area contributed by atoms with Crippen LogP contribution in [0.2, 0.25) is 0 Å². The predicted molar refractivity (Wildman–Crippen MR) is 209 cm³/mol. The topological polar surface area (TPSA) is 55.1 Å². The third-order valence-corrected chi connectivity index (χ3v) is 13.1. The van der Waals surface area contributed by atoms with Crippen molar-refractivity contribution in [2.45, 2.75) is 36.6 Å². The van der Waals surface area contributed by atoms with E-state index in [1.807, 2.05) is 12.1 Å². The predicted octanol–water partition coefficient (Wildman–Crippen LogP) is 10.1.